The lowest BCUT2D eigenvalue weighted by atomic mass is 10.1. The lowest BCUT2D eigenvalue weighted by Crippen LogP contribution is -1.95. The molecule has 0 saturated heterocycles. The molecule has 0 aliphatic rings. The molecule has 0 atom stereocenters. The van der Waals surface area contributed by atoms with Crippen LogP contribution in [0.15, 0.2) is 24.5 Å². The molecule has 0 bridgehead atoms. The average Bonchev–Trinajstić information content (AvgIpc) is 3.31. The fourth-order valence-electron chi connectivity index (χ4n) is 3.42. The van der Waals surface area contributed by atoms with Gasteiger partial charge >= 0.3 is 0 Å². The molecule has 0 spiro atoms. The Balaban J connectivity index is 1.33. The molecular formula is C24H34N2OS2. The van der Waals surface area contributed by atoms with Crippen molar-refractivity contribution in [3.8, 4) is 15.8 Å². The Morgan fingerprint density at radius 1 is 0.759 bits per heavy atom. The van der Waals surface area contributed by atoms with Crippen LogP contribution in [0.3, 0.4) is 0 Å². The molecule has 5 heteroatoms. The quantitative estimate of drug-likeness (QED) is 0.241. The van der Waals surface area contributed by atoms with Gasteiger partial charge in [0.05, 0.1) is 11.5 Å². The van der Waals surface area contributed by atoms with E-state index < -0.39 is 0 Å². The average molecular weight is 431 g/mol. The highest BCUT2D eigenvalue weighted by molar-refractivity contribution is 7.30. The third-order valence-electron chi connectivity index (χ3n) is 5.26. The predicted octanol–water partition coefficient (Wildman–Crippen LogP) is 8.28. The Labute approximate surface area is 183 Å². The van der Waals surface area contributed by atoms with Crippen LogP contribution in [-0.2, 0) is 6.42 Å². The number of rotatable bonds is 14. The van der Waals surface area contributed by atoms with Gasteiger partial charge in [0.1, 0.15) is 0 Å². The van der Waals surface area contributed by atoms with Gasteiger partial charge in [-0.1, -0.05) is 83.0 Å². The van der Waals surface area contributed by atoms with Crippen molar-refractivity contribution in [2.45, 2.75) is 84.5 Å². The molecule has 0 unspecified atom stereocenters. The molecule has 3 aromatic heterocycles. The molecule has 158 valence electrons. The van der Waals surface area contributed by atoms with Crippen LogP contribution in [0, 0.1) is 0 Å². The van der Waals surface area contributed by atoms with E-state index >= 15 is 0 Å². The summed E-state index contributed by atoms with van der Waals surface area (Å²) in [5.74, 6) is 0.823. The normalized spacial score (nSPS) is 11.4. The van der Waals surface area contributed by atoms with Crippen molar-refractivity contribution in [3.63, 3.8) is 0 Å². The summed E-state index contributed by atoms with van der Waals surface area (Å²) in [6.45, 7) is 5.23. The maximum atomic E-state index is 5.99. The van der Waals surface area contributed by atoms with Gasteiger partial charge in [0, 0.05) is 27.9 Å². The standard InChI is InChI=1S/C24H34N2OS2/c1-3-5-6-7-8-9-10-11-12-13-14-27-23-16-21-20(29-23)15-22(28-21)24-25-17-19(4-2)18-26-24/h15-18H,3-14H2,1-2H3. The van der Waals surface area contributed by atoms with E-state index in [-0.39, 0.29) is 0 Å². The van der Waals surface area contributed by atoms with Crippen LogP contribution in [0.25, 0.3) is 20.1 Å². The van der Waals surface area contributed by atoms with Gasteiger partial charge in [-0.05, 0) is 24.5 Å². The second-order valence-electron chi connectivity index (χ2n) is 7.70. The first-order valence-corrected chi connectivity index (χ1v) is 12.9. The molecule has 0 aliphatic heterocycles. The van der Waals surface area contributed by atoms with Crippen molar-refractivity contribution in [2.75, 3.05) is 6.61 Å². The molecule has 0 amide bonds. The maximum Gasteiger partial charge on any atom is 0.175 e. The number of aryl methyl sites for hydroxylation is 1. The second-order valence-corrected chi connectivity index (χ2v) is 9.83. The Hall–Kier alpha value is -1.46. The number of thiophene rings is 2. The molecule has 0 N–H and O–H groups in total. The van der Waals surface area contributed by atoms with Crippen molar-refractivity contribution in [3.05, 3.63) is 30.1 Å². The van der Waals surface area contributed by atoms with Crippen molar-refractivity contribution in [2.24, 2.45) is 0 Å². The van der Waals surface area contributed by atoms with Crippen molar-refractivity contribution in [1.82, 2.24) is 9.97 Å². The molecule has 29 heavy (non-hydrogen) atoms. The Morgan fingerprint density at radius 3 is 2.00 bits per heavy atom. The summed E-state index contributed by atoms with van der Waals surface area (Å²) in [5.41, 5.74) is 1.18. The van der Waals surface area contributed by atoms with Gasteiger partial charge in [-0.25, -0.2) is 9.97 Å². The van der Waals surface area contributed by atoms with E-state index in [4.69, 9.17) is 4.74 Å². The van der Waals surface area contributed by atoms with Crippen LogP contribution in [-0.4, -0.2) is 16.6 Å². The Kier molecular flexibility index (Phi) is 9.42. The summed E-state index contributed by atoms with van der Waals surface area (Å²) in [5, 5.41) is 1.04. The topological polar surface area (TPSA) is 35.0 Å². The zero-order chi connectivity index (χ0) is 20.3. The summed E-state index contributed by atoms with van der Waals surface area (Å²) in [6.07, 6.45) is 18.4. The van der Waals surface area contributed by atoms with Crippen molar-refractivity contribution >= 4 is 32.1 Å². The molecule has 0 aliphatic carbocycles. The van der Waals surface area contributed by atoms with E-state index in [2.05, 4.69) is 35.9 Å². The third kappa shape index (κ3) is 7.07. The summed E-state index contributed by atoms with van der Waals surface area (Å²) in [4.78, 5) is 10.1. The van der Waals surface area contributed by atoms with E-state index in [0.29, 0.717) is 0 Å². The molecule has 0 aromatic carbocycles. The van der Waals surface area contributed by atoms with E-state index in [0.717, 1.165) is 35.2 Å². The zero-order valence-corrected chi connectivity index (χ0v) is 19.5. The first-order valence-electron chi connectivity index (χ1n) is 11.3. The Bertz CT molecular complexity index is 807. The smallest absolute Gasteiger partial charge is 0.175 e. The molecule has 0 radical (unpaired) electrons. The van der Waals surface area contributed by atoms with Gasteiger partial charge in [-0.15, -0.1) is 11.3 Å². The molecular weight excluding hydrogens is 396 g/mol. The summed E-state index contributed by atoms with van der Waals surface area (Å²) >= 11 is 3.48. The lowest BCUT2D eigenvalue weighted by molar-refractivity contribution is 0.313. The van der Waals surface area contributed by atoms with Gasteiger partial charge in [0.25, 0.3) is 0 Å². The number of hydrogen-bond donors (Lipinski definition) is 0. The van der Waals surface area contributed by atoms with Crippen LogP contribution in [0.2, 0.25) is 0 Å². The minimum atomic E-state index is 0.823. The molecule has 0 fully saturated rings. The third-order valence-corrected chi connectivity index (χ3v) is 7.46. The lowest BCUT2D eigenvalue weighted by Gasteiger charge is -2.04. The fraction of sp³-hybridized carbons (Fsp3) is 0.583. The second kappa shape index (κ2) is 12.3. The van der Waals surface area contributed by atoms with Gasteiger partial charge < -0.3 is 4.74 Å². The monoisotopic (exact) mass is 430 g/mol. The van der Waals surface area contributed by atoms with Gasteiger partial charge in [0.2, 0.25) is 0 Å². The van der Waals surface area contributed by atoms with E-state index in [9.17, 15) is 0 Å². The SMILES string of the molecule is CCCCCCCCCCCCOc1cc2sc(-c3ncc(CC)cn3)cc2s1. The van der Waals surface area contributed by atoms with Gasteiger partial charge in [0.15, 0.2) is 10.9 Å². The molecule has 3 heterocycles. The fourth-order valence-corrected chi connectivity index (χ4v) is 5.63. The largest absolute Gasteiger partial charge is 0.484 e. The van der Waals surface area contributed by atoms with Crippen LogP contribution < -0.4 is 4.74 Å². The number of nitrogens with zero attached hydrogens (tertiary/aromatic N) is 2. The van der Waals surface area contributed by atoms with Gasteiger partial charge in [-0.2, -0.15) is 0 Å². The number of ether oxygens (including phenoxy) is 1. The number of unbranched alkanes of at least 4 members (excludes halogenated alkanes) is 9. The first kappa shape index (κ1) is 22.2. The van der Waals surface area contributed by atoms with E-state index in [1.165, 1.54) is 72.8 Å². The van der Waals surface area contributed by atoms with Gasteiger partial charge in [-0.3, -0.25) is 0 Å². The number of fused-ring (bicyclic) bond motifs is 1. The molecule has 3 nitrogen and oxygen atoms in total. The highest BCUT2D eigenvalue weighted by Gasteiger charge is 2.11. The molecule has 3 rings (SSSR count). The van der Waals surface area contributed by atoms with Crippen molar-refractivity contribution in [1.29, 1.82) is 0 Å². The Morgan fingerprint density at radius 2 is 1.38 bits per heavy atom. The number of hydrogen-bond acceptors (Lipinski definition) is 5. The summed E-state index contributed by atoms with van der Waals surface area (Å²) in [7, 11) is 0. The minimum Gasteiger partial charge on any atom is -0.484 e. The van der Waals surface area contributed by atoms with Crippen molar-refractivity contribution < 1.29 is 4.74 Å². The first-order chi connectivity index (χ1) is 14.3. The zero-order valence-electron chi connectivity index (χ0n) is 17.9. The van der Waals surface area contributed by atoms with Crippen LogP contribution in [0.4, 0.5) is 0 Å². The predicted molar refractivity (Wildman–Crippen MR) is 127 cm³/mol. The van der Waals surface area contributed by atoms with Crippen LogP contribution in [0.5, 0.6) is 5.06 Å². The molecule has 3 aromatic rings. The van der Waals surface area contributed by atoms with Crippen LogP contribution >= 0.6 is 22.7 Å². The highest BCUT2D eigenvalue weighted by Crippen LogP contribution is 2.40. The van der Waals surface area contributed by atoms with E-state index in [1.54, 1.807) is 22.7 Å². The molecule has 0 saturated carbocycles. The highest BCUT2D eigenvalue weighted by atomic mass is 32.1. The van der Waals surface area contributed by atoms with Crippen LogP contribution in [0.1, 0.15) is 83.6 Å². The maximum absolute atomic E-state index is 5.99. The summed E-state index contributed by atoms with van der Waals surface area (Å²) < 4.78 is 8.53. The number of aromatic nitrogens is 2. The summed E-state index contributed by atoms with van der Waals surface area (Å²) in [6, 6.07) is 4.36. The minimum absolute atomic E-state index is 0.823. The van der Waals surface area contributed by atoms with E-state index in [1.807, 2.05) is 12.4 Å².